The Kier molecular flexibility index (Phi) is 3.16. The van der Waals surface area contributed by atoms with Gasteiger partial charge in [0, 0.05) is 18.8 Å². The first-order valence-electron chi connectivity index (χ1n) is 6.25. The third kappa shape index (κ3) is 2.38. The van der Waals surface area contributed by atoms with E-state index in [1.54, 1.807) is 12.5 Å². The van der Waals surface area contributed by atoms with Gasteiger partial charge in [-0.1, -0.05) is 12.1 Å². The van der Waals surface area contributed by atoms with Gasteiger partial charge in [0.1, 0.15) is 18.5 Å². The van der Waals surface area contributed by atoms with Gasteiger partial charge in [-0.2, -0.15) is 0 Å². The number of aromatic nitrogens is 3. The maximum atomic E-state index is 10.8. The predicted molar refractivity (Wildman–Crippen MR) is 74.3 cm³/mol. The van der Waals surface area contributed by atoms with Crippen molar-refractivity contribution in [2.75, 3.05) is 0 Å². The standard InChI is InChI=1S/C15H13N3O2/c1-11(19)20-9-12-4-6-13(7-5-12)18-10-17-14-3-2-8-16-15(14)18/h2-8,10H,9H2,1H3. The third-order valence-electron chi connectivity index (χ3n) is 2.96. The molecule has 0 spiro atoms. The monoisotopic (exact) mass is 267 g/mol. The highest BCUT2D eigenvalue weighted by molar-refractivity contribution is 5.72. The molecule has 1 aromatic carbocycles. The zero-order valence-electron chi connectivity index (χ0n) is 11.0. The van der Waals surface area contributed by atoms with E-state index in [0.29, 0.717) is 6.61 Å². The van der Waals surface area contributed by atoms with Gasteiger partial charge in [-0.3, -0.25) is 9.36 Å². The minimum atomic E-state index is -0.279. The third-order valence-corrected chi connectivity index (χ3v) is 2.96. The number of benzene rings is 1. The Morgan fingerprint density at radius 2 is 2.00 bits per heavy atom. The molecule has 100 valence electrons. The van der Waals surface area contributed by atoms with Crippen LogP contribution in [-0.2, 0) is 16.1 Å². The average molecular weight is 267 g/mol. The van der Waals surface area contributed by atoms with E-state index in [0.717, 1.165) is 22.4 Å². The normalized spacial score (nSPS) is 10.7. The van der Waals surface area contributed by atoms with E-state index in [-0.39, 0.29) is 5.97 Å². The molecule has 0 amide bonds. The molecule has 0 radical (unpaired) electrons. The van der Waals surface area contributed by atoms with E-state index in [2.05, 4.69) is 9.97 Å². The lowest BCUT2D eigenvalue weighted by Gasteiger charge is -2.06. The van der Waals surface area contributed by atoms with Crippen LogP contribution < -0.4 is 0 Å². The van der Waals surface area contributed by atoms with Gasteiger partial charge in [0.25, 0.3) is 0 Å². The van der Waals surface area contributed by atoms with Crippen LogP contribution in [0, 0.1) is 0 Å². The fourth-order valence-electron chi connectivity index (χ4n) is 1.98. The van der Waals surface area contributed by atoms with Gasteiger partial charge < -0.3 is 4.74 Å². The highest BCUT2D eigenvalue weighted by Gasteiger charge is 2.05. The van der Waals surface area contributed by atoms with Crippen molar-refractivity contribution in [3.8, 4) is 5.69 Å². The number of carbonyl (C=O) groups excluding carboxylic acids is 1. The Bertz CT molecular complexity index is 747. The number of hydrogen-bond donors (Lipinski definition) is 0. The van der Waals surface area contributed by atoms with Gasteiger partial charge in [0.05, 0.1) is 0 Å². The van der Waals surface area contributed by atoms with Crippen molar-refractivity contribution in [2.24, 2.45) is 0 Å². The van der Waals surface area contributed by atoms with Gasteiger partial charge in [-0.25, -0.2) is 9.97 Å². The molecule has 5 nitrogen and oxygen atoms in total. The molecule has 0 atom stereocenters. The molecule has 2 aromatic heterocycles. The summed E-state index contributed by atoms with van der Waals surface area (Å²) in [4.78, 5) is 19.4. The van der Waals surface area contributed by atoms with E-state index in [1.807, 2.05) is 41.0 Å². The summed E-state index contributed by atoms with van der Waals surface area (Å²) in [7, 11) is 0. The molecule has 0 saturated carbocycles. The van der Waals surface area contributed by atoms with Crippen LogP contribution in [0.4, 0.5) is 0 Å². The highest BCUT2D eigenvalue weighted by Crippen LogP contribution is 2.16. The van der Waals surface area contributed by atoms with Crippen molar-refractivity contribution in [2.45, 2.75) is 13.5 Å². The molecule has 2 heterocycles. The van der Waals surface area contributed by atoms with Crippen LogP contribution >= 0.6 is 0 Å². The fourth-order valence-corrected chi connectivity index (χ4v) is 1.98. The van der Waals surface area contributed by atoms with Crippen molar-refractivity contribution in [3.05, 3.63) is 54.5 Å². The zero-order chi connectivity index (χ0) is 13.9. The second kappa shape index (κ2) is 5.13. The Labute approximate surface area is 115 Å². The molecule has 0 fully saturated rings. The van der Waals surface area contributed by atoms with Gasteiger partial charge in [0.2, 0.25) is 0 Å². The second-order valence-electron chi connectivity index (χ2n) is 4.41. The molecule has 0 bridgehead atoms. The Balaban J connectivity index is 1.89. The molecule has 20 heavy (non-hydrogen) atoms. The molecule has 0 aliphatic carbocycles. The summed E-state index contributed by atoms with van der Waals surface area (Å²) < 4.78 is 6.88. The molecule has 0 aliphatic rings. The minimum Gasteiger partial charge on any atom is -0.461 e. The van der Waals surface area contributed by atoms with E-state index < -0.39 is 0 Å². The topological polar surface area (TPSA) is 57.0 Å². The number of imidazole rings is 1. The summed E-state index contributed by atoms with van der Waals surface area (Å²) in [6.07, 6.45) is 3.49. The van der Waals surface area contributed by atoms with Crippen molar-refractivity contribution < 1.29 is 9.53 Å². The highest BCUT2D eigenvalue weighted by atomic mass is 16.5. The van der Waals surface area contributed by atoms with Gasteiger partial charge in [-0.15, -0.1) is 0 Å². The van der Waals surface area contributed by atoms with Gasteiger partial charge in [0.15, 0.2) is 5.65 Å². The first kappa shape index (κ1) is 12.3. The fraction of sp³-hybridized carbons (Fsp3) is 0.133. The van der Waals surface area contributed by atoms with E-state index in [1.165, 1.54) is 6.92 Å². The largest absolute Gasteiger partial charge is 0.461 e. The number of carbonyl (C=O) groups is 1. The van der Waals surface area contributed by atoms with Crippen molar-refractivity contribution in [1.29, 1.82) is 0 Å². The number of hydrogen-bond acceptors (Lipinski definition) is 4. The Morgan fingerprint density at radius 3 is 2.75 bits per heavy atom. The SMILES string of the molecule is CC(=O)OCc1ccc(-n2cnc3cccnc32)cc1. The maximum Gasteiger partial charge on any atom is 0.302 e. The Morgan fingerprint density at radius 1 is 1.20 bits per heavy atom. The van der Waals surface area contributed by atoms with E-state index >= 15 is 0 Å². The molecular formula is C15H13N3O2. The zero-order valence-corrected chi connectivity index (χ0v) is 11.0. The van der Waals surface area contributed by atoms with Crippen molar-refractivity contribution >= 4 is 17.1 Å². The molecular weight excluding hydrogens is 254 g/mol. The smallest absolute Gasteiger partial charge is 0.302 e. The second-order valence-corrected chi connectivity index (χ2v) is 4.41. The number of nitrogens with zero attached hydrogens (tertiary/aromatic N) is 3. The molecule has 0 unspecified atom stereocenters. The summed E-state index contributed by atoms with van der Waals surface area (Å²) in [6.45, 7) is 1.69. The van der Waals surface area contributed by atoms with E-state index in [4.69, 9.17) is 4.74 Å². The molecule has 5 heteroatoms. The lowest BCUT2D eigenvalue weighted by atomic mass is 10.2. The predicted octanol–water partition coefficient (Wildman–Crippen LogP) is 2.48. The quantitative estimate of drug-likeness (QED) is 0.684. The van der Waals surface area contributed by atoms with E-state index in [9.17, 15) is 4.79 Å². The van der Waals surface area contributed by atoms with Crippen LogP contribution in [0.3, 0.4) is 0 Å². The first-order valence-corrected chi connectivity index (χ1v) is 6.25. The number of ether oxygens (including phenoxy) is 1. The molecule has 0 saturated heterocycles. The van der Waals surface area contributed by atoms with Crippen LogP contribution in [0.15, 0.2) is 48.9 Å². The van der Waals surface area contributed by atoms with Crippen molar-refractivity contribution in [1.82, 2.24) is 14.5 Å². The number of esters is 1. The number of fused-ring (bicyclic) bond motifs is 1. The van der Waals surface area contributed by atoms with Gasteiger partial charge in [-0.05, 0) is 29.8 Å². The molecule has 0 aliphatic heterocycles. The van der Waals surface area contributed by atoms with Crippen LogP contribution in [0.2, 0.25) is 0 Å². The lowest BCUT2D eigenvalue weighted by molar-refractivity contribution is -0.142. The summed E-state index contributed by atoms with van der Waals surface area (Å²) in [5.74, 6) is -0.279. The van der Waals surface area contributed by atoms with Crippen LogP contribution in [0.1, 0.15) is 12.5 Å². The maximum absolute atomic E-state index is 10.8. The summed E-state index contributed by atoms with van der Waals surface area (Å²) >= 11 is 0. The summed E-state index contributed by atoms with van der Waals surface area (Å²) in [5.41, 5.74) is 3.59. The molecule has 3 aromatic rings. The van der Waals surface area contributed by atoms with Gasteiger partial charge >= 0.3 is 5.97 Å². The lowest BCUT2D eigenvalue weighted by Crippen LogP contribution is -1.99. The van der Waals surface area contributed by atoms with Crippen LogP contribution in [0.5, 0.6) is 0 Å². The molecule has 3 rings (SSSR count). The summed E-state index contributed by atoms with van der Waals surface area (Å²) in [5, 5.41) is 0. The van der Waals surface area contributed by atoms with Crippen molar-refractivity contribution in [3.63, 3.8) is 0 Å². The Hall–Kier alpha value is -2.69. The van der Waals surface area contributed by atoms with Crippen LogP contribution in [0.25, 0.3) is 16.9 Å². The first-order chi connectivity index (χ1) is 9.74. The van der Waals surface area contributed by atoms with Crippen LogP contribution in [-0.4, -0.2) is 20.5 Å². The minimum absolute atomic E-state index is 0.279. The average Bonchev–Trinajstić information content (AvgIpc) is 2.89. The molecule has 0 N–H and O–H groups in total. The summed E-state index contributed by atoms with van der Waals surface area (Å²) in [6, 6.07) is 11.5. The number of rotatable bonds is 3. The number of pyridine rings is 1.